The molecule has 0 aromatic rings. The SMILES string of the molecule is O=C(CCN1C(=O)C=CC1=O)NC1SS1. The van der Waals surface area contributed by atoms with Gasteiger partial charge >= 0.3 is 0 Å². The molecule has 0 atom stereocenters. The molecule has 0 bridgehead atoms. The van der Waals surface area contributed by atoms with Gasteiger partial charge in [0.1, 0.15) is 4.71 Å². The molecule has 5 nitrogen and oxygen atoms in total. The Morgan fingerprint density at radius 1 is 1.33 bits per heavy atom. The molecule has 15 heavy (non-hydrogen) atoms. The molecule has 0 saturated carbocycles. The highest BCUT2D eigenvalue weighted by molar-refractivity contribution is 8.92. The minimum Gasteiger partial charge on any atom is -0.334 e. The van der Waals surface area contributed by atoms with Gasteiger partial charge in [-0.05, 0) is 0 Å². The lowest BCUT2D eigenvalue weighted by molar-refractivity contribution is -0.137. The third kappa shape index (κ3) is 2.75. The molecule has 0 unspecified atom stereocenters. The number of rotatable bonds is 4. The van der Waals surface area contributed by atoms with E-state index in [0.717, 1.165) is 4.90 Å². The highest BCUT2D eigenvalue weighted by Gasteiger charge is 2.27. The van der Waals surface area contributed by atoms with Crippen molar-refractivity contribution in [1.29, 1.82) is 0 Å². The Morgan fingerprint density at radius 3 is 2.47 bits per heavy atom. The van der Waals surface area contributed by atoms with E-state index in [-0.39, 0.29) is 35.4 Å². The number of nitrogens with one attached hydrogen (secondary N) is 1. The van der Waals surface area contributed by atoms with E-state index in [1.807, 2.05) is 0 Å². The first-order chi connectivity index (χ1) is 7.16. The summed E-state index contributed by atoms with van der Waals surface area (Å²) >= 11 is 0. The molecule has 0 aliphatic carbocycles. The minimum atomic E-state index is -0.344. The van der Waals surface area contributed by atoms with Crippen molar-refractivity contribution in [1.82, 2.24) is 10.2 Å². The zero-order chi connectivity index (χ0) is 10.8. The third-order valence-electron chi connectivity index (χ3n) is 1.93. The second-order valence-electron chi connectivity index (χ2n) is 3.00. The van der Waals surface area contributed by atoms with Gasteiger partial charge in [-0.1, -0.05) is 21.6 Å². The second-order valence-corrected chi connectivity index (χ2v) is 5.78. The van der Waals surface area contributed by atoms with Crippen molar-refractivity contribution in [2.75, 3.05) is 6.54 Å². The lowest BCUT2D eigenvalue weighted by Gasteiger charge is -2.12. The van der Waals surface area contributed by atoms with E-state index >= 15 is 0 Å². The summed E-state index contributed by atoms with van der Waals surface area (Å²) in [6, 6.07) is 0. The summed E-state index contributed by atoms with van der Waals surface area (Å²) in [6.45, 7) is 0.151. The summed E-state index contributed by atoms with van der Waals surface area (Å²) in [7, 11) is 3.16. The predicted octanol–water partition coefficient (Wildman–Crippen LogP) is 0.0963. The first kappa shape index (κ1) is 10.6. The number of amides is 3. The van der Waals surface area contributed by atoms with Gasteiger partial charge in [-0.2, -0.15) is 0 Å². The van der Waals surface area contributed by atoms with Crippen molar-refractivity contribution in [2.45, 2.75) is 11.1 Å². The van der Waals surface area contributed by atoms with E-state index in [9.17, 15) is 14.4 Å². The van der Waals surface area contributed by atoms with Gasteiger partial charge in [0.15, 0.2) is 0 Å². The van der Waals surface area contributed by atoms with E-state index in [0.29, 0.717) is 0 Å². The largest absolute Gasteiger partial charge is 0.334 e. The topological polar surface area (TPSA) is 66.5 Å². The minimum absolute atomic E-state index is 0.134. The van der Waals surface area contributed by atoms with Crippen molar-refractivity contribution >= 4 is 39.3 Å². The number of hydrogen-bond donors (Lipinski definition) is 1. The van der Waals surface area contributed by atoms with E-state index in [4.69, 9.17) is 0 Å². The summed E-state index contributed by atoms with van der Waals surface area (Å²) in [5.74, 6) is -0.823. The Labute approximate surface area is 94.0 Å². The van der Waals surface area contributed by atoms with Crippen LogP contribution in [0.2, 0.25) is 0 Å². The van der Waals surface area contributed by atoms with E-state index in [1.54, 1.807) is 21.6 Å². The van der Waals surface area contributed by atoms with Gasteiger partial charge < -0.3 is 5.32 Å². The van der Waals surface area contributed by atoms with Crippen LogP contribution in [-0.4, -0.2) is 33.9 Å². The van der Waals surface area contributed by atoms with Crippen LogP contribution in [0.25, 0.3) is 0 Å². The quantitative estimate of drug-likeness (QED) is 0.431. The van der Waals surface area contributed by atoms with Crippen molar-refractivity contribution in [3.8, 4) is 0 Å². The number of hydrogen-bond acceptors (Lipinski definition) is 5. The molecular weight excluding hydrogens is 236 g/mol. The molecule has 1 fully saturated rings. The fourth-order valence-electron chi connectivity index (χ4n) is 1.14. The Bertz CT molecular complexity index is 334. The zero-order valence-corrected chi connectivity index (χ0v) is 9.27. The van der Waals surface area contributed by atoms with Gasteiger partial charge in [0, 0.05) is 25.1 Å². The molecule has 0 aromatic carbocycles. The fraction of sp³-hybridized carbons (Fsp3) is 0.375. The van der Waals surface area contributed by atoms with Crippen LogP contribution in [0.5, 0.6) is 0 Å². The number of nitrogens with zero attached hydrogens (tertiary/aromatic N) is 1. The van der Waals surface area contributed by atoms with Crippen molar-refractivity contribution in [2.24, 2.45) is 0 Å². The van der Waals surface area contributed by atoms with Crippen LogP contribution >= 0.6 is 21.6 Å². The summed E-state index contributed by atoms with van der Waals surface area (Å²) < 4.78 is 0.153. The van der Waals surface area contributed by atoms with Crippen LogP contribution < -0.4 is 5.32 Å². The normalized spacial score (nSPS) is 19.9. The first-order valence-corrected chi connectivity index (χ1v) is 6.59. The van der Waals surface area contributed by atoms with Gasteiger partial charge in [0.25, 0.3) is 11.8 Å². The molecule has 7 heteroatoms. The smallest absolute Gasteiger partial charge is 0.253 e. The maximum absolute atomic E-state index is 11.3. The van der Waals surface area contributed by atoms with Gasteiger partial charge in [-0.25, -0.2) is 0 Å². The molecule has 0 aromatic heterocycles. The Hall–Kier alpha value is -0.950. The maximum atomic E-state index is 11.3. The molecule has 2 rings (SSSR count). The average molecular weight is 244 g/mol. The molecule has 0 radical (unpaired) electrons. The predicted molar refractivity (Wildman–Crippen MR) is 57.6 cm³/mol. The highest BCUT2D eigenvalue weighted by Crippen LogP contribution is 2.50. The van der Waals surface area contributed by atoms with E-state index in [1.165, 1.54) is 12.2 Å². The lowest BCUT2D eigenvalue weighted by Crippen LogP contribution is -2.34. The average Bonchev–Trinajstić information content (AvgIpc) is 2.93. The Balaban J connectivity index is 1.74. The monoisotopic (exact) mass is 244 g/mol. The molecule has 3 amide bonds. The lowest BCUT2D eigenvalue weighted by atomic mass is 10.3. The summed E-state index contributed by atoms with van der Waals surface area (Å²) in [6.07, 6.45) is 2.59. The number of carbonyl (C=O) groups is 3. The third-order valence-corrected chi connectivity index (χ3v) is 3.71. The fourth-order valence-corrected chi connectivity index (χ4v) is 2.01. The van der Waals surface area contributed by atoms with Crippen LogP contribution in [0, 0.1) is 0 Å². The maximum Gasteiger partial charge on any atom is 0.253 e. The number of imide groups is 1. The van der Waals surface area contributed by atoms with Gasteiger partial charge in [0.05, 0.1) is 0 Å². The molecule has 2 aliphatic rings. The molecule has 2 aliphatic heterocycles. The van der Waals surface area contributed by atoms with Gasteiger partial charge in [-0.3, -0.25) is 19.3 Å². The molecule has 80 valence electrons. The second kappa shape index (κ2) is 4.28. The Morgan fingerprint density at radius 2 is 1.93 bits per heavy atom. The van der Waals surface area contributed by atoms with Crippen LogP contribution in [0.3, 0.4) is 0 Å². The molecule has 2 heterocycles. The van der Waals surface area contributed by atoms with Gasteiger partial charge in [0.2, 0.25) is 5.91 Å². The standard InChI is InChI=1S/C8H8N2O3S2/c11-5(9-8-14-15-8)3-4-10-6(12)1-2-7(10)13/h1-2,8H,3-4H2,(H,9,11). The molecule has 1 N–H and O–H groups in total. The van der Waals surface area contributed by atoms with Crippen LogP contribution in [0.1, 0.15) is 6.42 Å². The first-order valence-electron chi connectivity index (χ1n) is 4.32. The van der Waals surface area contributed by atoms with E-state index < -0.39 is 0 Å². The van der Waals surface area contributed by atoms with Crippen molar-refractivity contribution < 1.29 is 14.4 Å². The summed E-state index contributed by atoms with van der Waals surface area (Å²) in [5.41, 5.74) is 0. The van der Waals surface area contributed by atoms with Crippen LogP contribution in [0.4, 0.5) is 0 Å². The van der Waals surface area contributed by atoms with Gasteiger partial charge in [-0.15, -0.1) is 0 Å². The zero-order valence-electron chi connectivity index (χ0n) is 7.63. The Kier molecular flexibility index (Phi) is 3.01. The van der Waals surface area contributed by atoms with Crippen LogP contribution in [0.15, 0.2) is 12.2 Å². The number of carbonyl (C=O) groups excluding carboxylic acids is 3. The summed E-state index contributed by atoms with van der Waals surface area (Å²) in [4.78, 5) is 34.5. The summed E-state index contributed by atoms with van der Waals surface area (Å²) in [5, 5.41) is 2.72. The highest BCUT2D eigenvalue weighted by atomic mass is 33.2. The van der Waals surface area contributed by atoms with Crippen LogP contribution in [-0.2, 0) is 14.4 Å². The molecule has 1 saturated heterocycles. The van der Waals surface area contributed by atoms with Crippen molar-refractivity contribution in [3.63, 3.8) is 0 Å². The molecular formula is C8H8N2O3S2. The van der Waals surface area contributed by atoms with Crippen molar-refractivity contribution in [3.05, 3.63) is 12.2 Å². The molecule has 0 spiro atoms. The van der Waals surface area contributed by atoms with E-state index in [2.05, 4.69) is 5.32 Å².